The Morgan fingerprint density at radius 3 is 2.41 bits per heavy atom. The molecule has 4 heteroatoms. The number of benzene rings is 3. The van der Waals surface area contributed by atoms with Crippen LogP contribution in [0.2, 0.25) is 0 Å². The summed E-state index contributed by atoms with van der Waals surface area (Å²) >= 11 is 0. The van der Waals surface area contributed by atoms with Crippen LogP contribution >= 0.6 is 0 Å². The van der Waals surface area contributed by atoms with Crippen molar-refractivity contribution < 1.29 is 19.4 Å². The first-order valence-electron chi connectivity index (χ1n) is 9.77. The molecule has 0 spiro atoms. The van der Waals surface area contributed by atoms with Gasteiger partial charge in [-0.15, -0.1) is 0 Å². The Bertz CT molecular complexity index is 1060. The van der Waals surface area contributed by atoms with Crippen LogP contribution in [0.5, 0.6) is 5.75 Å². The molecule has 3 aromatic rings. The van der Waals surface area contributed by atoms with Crippen molar-refractivity contribution in [3.8, 4) is 5.75 Å². The van der Waals surface area contributed by atoms with E-state index >= 15 is 0 Å². The third-order valence-electron chi connectivity index (χ3n) is 4.92. The predicted octanol–water partition coefficient (Wildman–Crippen LogP) is 5.15. The maximum Gasteiger partial charge on any atom is 0.333 e. The lowest BCUT2D eigenvalue weighted by Crippen LogP contribution is -2.28. The normalized spacial score (nSPS) is 12.7. The quantitative estimate of drug-likeness (QED) is 0.358. The van der Waals surface area contributed by atoms with E-state index in [0.29, 0.717) is 0 Å². The number of aliphatic hydroxyl groups is 1. The molecule has 0 saturated heterocycles. The zero-order valence-electron chi connectivity index (χ0n) is 17.5. The zero-order chi connectivity index (χ0) is 21.2. The summed E-state index contributed by atoms with van der Waals surface area (Å²) in [6.07, 6.45) is -0.762. The summed E-state index contributed by atoms with van der Waals surface area (Å²) in [5.41, 5.74) is 1.57. The van der Waals surface area contributed by atoms with Gasteiger partial charge in [0.1, 0.15) is 12.4 Å². The molecule has 0 aliphatic carbocycles. The number of hydrogen-bond donors (Lipinski definition) is 1. The first-order chi connectivity index (χ1) is 13.7. The average Bonchev–Trinajstić information content (AvgIpc) is 2.68. The first-order valence-corrected chi connectivity index (χ1v) is 9.77. The zero-order valence-corrected chi connectivity index (χ0v) is 17.5. The highest BCUT2D eigenvalue weighted by molar-refractivity contribution is 6.05. The van der Waals surface area contributed by atoms with Crippen LogP contribution < -0.4 is 4.74 Å². The first kappa shape index (κ1) is 20.9. The van der Waals surface area contributed by atoms with Crippen molar-refractivity contribution in [3.05, 3.63) is 66.2 Å². The van der Waals surface area contributed by atoms with E-state index in [1.165, 1.54) is 5.56 Å². The number of fused-ring (bicyclic) bond motifs is 2. The maximum atomic E-state index is 11.8. The van der Waals surface area contributed by atoms with E-state index in [1.54, 1.807) is 6.92 Å². The van der Waals surface area contributed by atoms with Gasteiger partial charge >= 0.3 is 5.97 Å². The van der Waals surface area contributed by atoms with E-state index in [2.05, 4.69) is 57.7 Å². The predicted molar refractivity (Wildman–Crippen MR) is 117 cm³/mol. The van der Waals surface area contributed by atoms with Gasteiger partial charge in [0.25, 0.3) is 0 Å². The topological polar surface area (TPSA) is 55.8 Å². The molecule has 0 saturated carbocycles. The van der Waals surface area contributed by atoms with E-state index < -0.39 is 12.1 Å². The van der Waals surface area contributed by atoms with Gasteiger partial charge in [-0.05, 0) is 34.7 Å². The minimum Gasteiger partial charge on any atom is -0.488 e. The van der Waals surface area contributed by atoms with Gasteiger partial charge in [0.05, 0.1) is 6.61 Å². The van der Waals surface area contributed by atoms with Crippen molar-refractivity contribution in [2.24, 2.45) is 0 Å². The molecule has 0 aliphatic rings. The molecule has 0 fully saturated rings. The Labute approximate surface area is 171 Å². The van der Waals surface area contributed by atoms with Gasteiger partial charge in [0.15, 0.2) is 6.10 Å². The lowest BCUT2D eigenvalue weighted by atomic mass is 9.85. The number of carbonyl (C=O) groups is 1. The largest absolute Gasteiger partial charge is 0.488 e. The van der Waals surface area contributed by atoms with Gasteiger partial charge < -0.3 is 14.6 Å². The summed E-state index contributed by atoms with van der Waals surface area (Å²) in [5, 5.41) is 13.7. The Balaban J connectivity index is 2.02. The summed E-state index contributed by atoms with van der Waals surface area (Å²) in [5.74, 6) is 0.189. The van der Waals surface area contributed by atoms with Crippen LogP contribution in [0.25, 0.3) is 21.5 Å². The second kappa shape index (κ2) is 8.26. The highest BCUT2D eigenvalue weighted by atomic mass is 16.6. The number of esters is 1. The van der Waals surface area contributed by atoms with Gasteiger partial charge in [0.2, 0.25) is 0 Å². The minimum absolute atomic E-state index is 0.0413. The molecule has 1 atom stereocenters. The molecule has 3 aromatic carbocycles. The van der Waals surface area contributed by atoms with Crippen molar-refractivity contribution in [2.75, 3.05) is 13.2 Å². The van der Waals surface area contributed by atoms with E-state index in [-0.39, 0.29) is 24.2 Å². The van der Waals surface area contributed by atoms with Crippen LogP contribution in [0.1, 0.15) is 33.3 Å². The smallest absolute Gasteiger partial charge is 0.333 e. The highest BCUT2D eigenvalue weighted by Gasteiger charge is 2.19. The standard InChI is InChI=1S/C25H28O4/c1-16(2)24(27)29-20(14-26)15-28-23-21-9-7-6-8-17(21)12-18-13-19(25(3,4)5)10-11-22(18)23/h6-13,20,26H,1,14-15H2,2-5H3. The minimum atomic E-state index is -0.762. The molecular weight excluding hydrogens is 364 g/mol. The number of ether oxygens (including phenoxy) is 2. The fraction of sp³-hybridized carbons (Fsp3) is 0.320. The second-order valence-corrected chi connectivity index (χ2v) is 8.41. The maximum absolute atomic E-state index is 11.8. The van der Waals surface area contributed by atoms with Crippen molar-refractivity contribution in [1.82, 2.24) is 0 Å². The third-order valence-corrected chi connectivity index (χ3v) is 4.92. The van der Waals surface area contributed by atoms with Gasteiger partial charge in [0, 0.05) is 16.3 Å². The molecule has 1 N–H and O–H groups in total. The fourth-order valence-electron chi connectivity index (χ4n) is 3.21. The summed E-state index contributed by atoms with van der Waals surface area (Å²) < 4.78 is 11.4. The molecule has 0 aromatic heterocycles. The summed E-state index contributed by atoms with van der Waals surface area (Å²) in [4.78, 5) is 11.8. The lowest BCUT2D eigenvalue weighted by Gasteiger charge is -2.21. The van der Waals surface area contributed by atoms with E-state index in [4.69, 9.17) is 9.47 Å². The van der Waals surface area contributed by atoms with Crippen molar-refractivity contribution in [3.63, 3.8) is 0 Å². The fourth-order valence-corrected chi connectivity index (χ4v) is 3.21. The van der Waals surface area contributed by atoms with Crippen molar-refractivity contribution in [2.45, 2.75) is 39.2 Å². The van der Waals surface area contributed by atoms with Gasteiger partial charge in [-0.2, -0.15) is 0 Å². The van der Waals surface area contributed by atoms with Crippen LogP contribution in [0, 0.1) is 0 Å². The van der Waals surface area contributed by atoms with Gasteiger partial charge in [-0.1, -0.05) is 69.8 Å². The molecular formula is C25H28O4. The molecule has 0 aliphatic heterocycles. The van der Waals surface area contributed by atoms with Crippen molar-refractivity contribution in [1.29, 1.82) is 0 Å². The number of aliphatic hydroxyl groups excluding tert-OH is 1. The monoisotopic (exact) mass is 392 g/mol. The van der Waals surface area contributed by atoms with Crippen LogP contribution in [0.3, 0.4) is 0 Å². The van der Waals surface area contributed by atoms with Crippen LogP contribution in [0.15, 0.2) is 60.7 Å². The number of rotatable bonds is 6. The molecule has 1 unspecified atom stereocenters. The van der Waals surface area contributed by atoms with E-state index in [9.17, 15) is 9.90 Å². The molecule has 0 radical (unpaired) electrons. The Hall–Kier alpha value is -2.85. The molecule has 3 rings (SSSR count). The average molecular weight is 392 g/mol. The van der Waals surface area contributed by atoms with E-state index in [1.807, 2.05) is 18.2 Å². The Morgan fingerprint density at radius 1 is 1.07 bits per heavy atom. The number of hydrogen-bond acceptors (Lipinski definition) is 4. The summed E-state index contributed by atoms with van der Waals surface area (Å²) in [6, 6.07) is 16.6. The molecule has 0 heterocycles. The van der Waals surface area contributed by atoms with Gasteiger partial charge in [-0.25, -0.2) is 4.79 Å². The number of carbonyl (C=O) groups excluding carboxylic acids is 1. The van der Waals surface area contributed by atoms with Crippen LogP contribution in [0.4, 0.5) is 0 Å². The third kappa shape index (κ3) is 4.60. The Morgan fingerprint density at radius 2 is 1.76 bits per heavy atom. The Kier molecular flexibility index (Phi) is 5.94. The summed E-state index contributed by atoms with van der Waals surface area (Å²) in [7, 11) is 0. The molecule has 0 amide bonds. The molecule has 29 heavy (non-hydrogen) atoms. The van der Waals surface area contributed by atoms with Gasteiger partial charge in [-0.3, -0.25) is 0 Å². The molecule has 152 valence electrons. The molecule has 0 bridgehead atoms. The second-order valence-electron chi connectivity index (χ2n) is 8.41. The van der Waals surface area contributed by atoms with Crippen molar-refractivity contribution >= 4 is 27.5 Å². The van der Waals surface area contributed by atoms with E-state index in [0.717, 1.165) is 27.3 Å². The van der Waals surface area contributed by atoms with Crippen LogP contribution in [-0.2, 0) is 14.9 Å². The highest BCUT2D eigenvalue weighted by Crippen LogP contribution is 2.37. The molecule has 4 nitrogen and oxygen atoms in total. The lowest BCUT2D eigenvalue weighted by molar-refractivity contribution is -0.147. The SMILES string of the molecule is C=C(C)C(=O)OC(CO)COc1c2ccccc2cc2cc(C(C)(C)C)ccc12. The van der Waals surface area contributed by atoms with Crippen LogP contribution in [-0.4, -0.2) is 30.4 Å². The summed E-state index contributed by atoms with van der Waals surface area (Å²) in [6.45, 7) is 11.4.